The molecule has 0 bridgehead atoms. The Bertz CT molecular complexity index is 763. The van der Waals surface area contributed by atoms with Gasteiger partial charge < -0.3 is 15.0 Å². The maximum atomic E-state index is 12.1. The number of carbonyl (C=O) groups is 1. The number of aromatic amines is 1. The summed E-state index contributed by atoms with van der Waals surface area (Å²) in [6.07, 6.45) is 2.21. The molecule has 5 nitrogen and oxygen atoms in total. The molecule has 1 aliphatic rings. The molecule has 23 heavy (non-hydrogen) atoms. The average Bonchev–Trinajstić information content (AvgIpc) is 2.72. The van der Waals surface area contributed by atoms with Crippen LogP contribution < -0.4 is 5.32 Å². The summed E-state index contributed by atoms with van der Waals surface area (Å²) in [6, 6.07) is 4.13. The first-order chi connectivity index (χ1) is 10.7. The molecule has 1 unspecified atom stereocenters. The molecule has 2 aromatic rings. The van der Waals surface area contributed by atoms with Gasteiger partial charge in [-0.1, -0.05) is 0 Å². The van der Waals surface area contributed by atoms with Crippen LogP contribution in [0.1, 0.15) is 45.4 Å². The minimum Gasteiger partial charge on any atom is -0.444 e. The maximum absolute atomic E-state index is 12.1. The van der Waals surface area contributed by atoms with Gasteiger partial charge in [-0.15, -0.1) is 0 Å². The number of pyridine rings is 1. The van der Waals surface area contributed by atoms with Gasteiger partial charge in [0.15, 0.2) is 0 Å². The van der Waals surface area contributed by atoms with Crippen molar-refractivity contribution in [3.63, 3.8) is 0 Å². The van der Waals surface area contributed by atoms with Gasteiger partial charge in [-0.2, -0.15) is 0 Å². The van der Waals surface area contributed by atoms with Gasteiger partial charge in [0.1, 0.15) is 14.9 Å². The number of alkyl carbamates (subject to hydrolysis) is 1. The number of aromatic nitrogens is 2. The largest absolute Gasteiger partial charge is 0.444 e. The monoisotopic (exact) mass is 427 g/mol. The van der Waals surface area contributed by atoms with Crippen molar-refractivity contribution in [2.75, 3.05) is 0 Å². The van der Waals surface area contributed by atoms with Crippen LogP contribution in [0.15, 0.2) is 12.1 Å². The second kappa shape index (κ2) is 5.65. The standard InChI is InChI=1S/C17H22IN3O2/c1-16(2,3)23-15(22)21-17(4)8-7-12-11(9-17)10-5-6-13(18)20-14(10)19-12/h5-6H,7-9H2,1-4H3,(H,19,20)(H,21,22). The highest BCUT2D eigenvalue weighted by molar-refractivity contribution is 14.1. The number of amides is 1. The van der Waals surface area contributed by atoms with Crippen molar-refractivity contribution < 1.29 is 9.53 Å². The number of ether oxygens (including phenoxy) is 1. The summed E-state index contributed by atoms with van der Waals surface area (Å²) >= 11 is 2.22. The van der Waals surface area contributed by atoms with Crippen molar-refractivity contribution in [1.82, 2.24) is 15.3 Å². The first kappa shape index (κ1) is 16.5. The van der Waals surface area contributed by atoms with E-state index in [9.17, 15) is 4.79 Å². The fraction of sp³-hybridized carbons (Fsp3) is 0.529. The van der Waals surface area contributed by atoms with Gasteiger partial charge in [0.2, 0.25) is 0 Å². The summed E-state index contributed by atoms with van der Waals surface area (Å²) in [5, 5.41) is 4.21. The summed E-state index contributed by atoms with van der Waals surface area (Å²) in [5.74, 6) is 0. The highest BCUT2D eigenvalue weighted by Gasteiger charge is 2.34. The first-order valence-electron chi connectivity index (χ1n) is 7.82. The van der Waals surface area contributed by atoms with E-state index in [0.29, 0.717) is 0 Å². The smallest absolute Gasteiger partial charge is 0.408 e. The topological polar surface area (TPSA) is 67.0 Å². The van der Waals surface area contributed by atoms with Crippen molar-refractivity contribution in [1.29, 1.82) is 0 Å². The molecule has 2 N–H and O–H groups in total. The highest BCUT2D eigenvalue weighted by Crippen LogP contribution is 2.33. The third kappa shape index (κ3) is 3.62. The summed E-state index contributed by atoms with van der Waals surface area (Å²) in [7, 11) is 0. The predicted molar refractivity (Wildman–Crippen MR) is 98.6 cm³/mol. The van der Waals surface area contributed by atoms with Gasteiger partial charge >= 0.3 is 6.09 Å². The van der Waals surface area contributed by atoms with E-state index < -0.39 is 5.60 Å². The zero-order chi connectivity index (χ0) is 16.8. The zero-order valence-corrected chi connectivity index (χ0v) is 16.1. The maximum Gasteiger partial charge on any atom is 0.408 e. The summed E-state index contributed by atoms with van der Waals surface area (Å²) < 4.78 is 6.38. The number of hydrogen-bond acceptors (Lipinski definition) is 3. The number of aryl methyl sites for hydroxylation is 1. The van der Waals surface area contributed by atoms with Gasteiger partial charge in [0.25, 0.3) is 0 Å². The average molecular weight is 427 g/mol. The van der Waals surface area contributed by atoms with Gasteiger partial charge in [0.05, 0.1) is 0 Å². The number of fused-ring (bicyclic) bond motifs is 3. The summed E-state index contributed by atoms with van der Waals surface area (Å²) in [5.41, 5.74) is 2.64. The Labute approximate surface area is 149 Å². The van der Waals surface area contributed by atoms with E-state index in [1.807, 2.05) is 26.8 Å². The van der Waals surface area contributed by atoms with Crippen LogP contribution in [-0.2, 0) is 17.6 Å². The molecule has 0 saturated carbocycles. The van der Waals surface area contributed by atoms with Crippen molar-refractivity contribution in [3.8, 4) is 0 Å². The molecule has 2 aromatic heterocycles. The number of carbonyl (C=O) groups excluding carboxylic acids is 1. The fourth-order valence-corrected chi connectivity index (χ4v) is 3.53. The molecule has 0 aromatic carbocycles. The van der Waals surface area contributed by atoms with E-state index in [1.165, 1.54) is 11.3 Å². The summed E-state index contributed by atoms with van der Waals surface area (Å²) in [4.78, 5) is 20.1. The van der Waals surface area contributed by atoms with Crippen LogP contribution in [0, 0.1) is 3.70 Å². The highest BCUT2D eigenvalue weighted by atomic mass is 127. The van der Waals surface area contributed by atoms with Crippen molar-refractivity contribution in [2.24, 2.45) is 0 Å². The Hall–Kier alpha value is -1.31. The lowest BCUT2D eigenvalue weighted by Gasteiger charge is -2.35. The van der Waals surface area contributed by atoms with Gasteiger partial charge in [0, 0.05) is 16.6 Å². The molecule has 1 atom stereocenters. The van der Waals surface area contributed by atoms with Gasteiger partial charge in [-0.3, -0.25) is 0 Å². The Kier molecular flexibility index (Phi) is 4.06. The van der Waals surface area contributed by atoms with E-state index in [4.69, 9.17) is 4.74 Å². The van der Waals surface area contributed by atoms with Gasteiger partial charge in [-0.25, -0.2) is 9.78 Å². The van der Waals surface area contributed by atoms with Crippen LogP contribution in [0.4, 0.5) is 4.79 Å². The number of halogens is 1. The Morgan fingerprint density at radius 1 is 1.43 bits per heavy atom. The second-order valence-electron chi connectivity index (χ2n) is 7.48. The number of H-pyrrole nitrogens is 1. The number of hydrogen-bond donors (Lipinski definition) is 2. The van der Waals surface area contributed by atoms with Crippen LogP contribution in [0.5, 0.6) is 0 Å². The molecule has 124 valence electrons. The van der Waals surface area contributed by atoms with Crippen molar-refractivity contribution >= 4 is 39.7 Å². The quantitative estimate of drug-likeness (QED) is 0.535. The lowest BCUT2D eigenvalue weighted by atomic mass is 9.81. The molecule has 0 spiro atoms. The van der Waals surface area contributed by atoms with Crippen molar-refractivity contribution in [2.45, 2.75) is 58.1 Å². The minimum absolute atomic E-state index is 0.298. The van der Waals surface area contributed by atoms with E-state index in [-0.39, 0.29) is 11.6 Å². The van der Waals surface area contributed by atoms with Crippen LogP contribution in [0.2, 0.25) is 0 Å². The molecule has 1 aliphatic carbocycles. The molecule has 0 saturated heterocycles. The summed E-state index contributed by atoms with van der Waals surface area (Å²) in [6.45, 7) is 7.71. The predicted octanol–water partition coefficient (Wildman–Crippen LogP) is 3.94. The van der Waals surface area contributed by atoms with E-state index in [0.717, 1.165) is 34.0 Å². The number of nitrogens with one attached hydrogen (secondary N) is 2. The van der Waals surface area contributed by atoms with E-state index in [1.54, 1.807) is 0 Å². The third-order valence-corrected chi connectivity index (χ3v) is 4.72. The fourth-order valence-electron chi connectivity index (χ4n) is 3.11. The Balaban J connectivity index is 1.84. The first-order valence-corrected chi connectivity index (χ1v) is 8.90. The molecule has 0 radical (unpaired) electrons. The molecule has 1 amide bonds. The number of rotatable bonds is 1. The van der Waals surface area contributed by atoms with Crippen LogP contribution in [0.3, 0.4) is 0 Å². The van der Waals surface area contributed by atoms with E-state index >= 15 is 0 Å². The van der Waals surface area contributed by atoms with Crippen molar-refractivity contribution in [3.05, 3.63) is 27.1 Å². The lowest BCUT2D eigenvalue weighted by Crippen LogP contribution is -2.51. The SMILES string of the molecule is CC1(NC(=O)OC(C)(C)C)CCc2[nH]c3nc(I)ccc3c2C1. The Morgan fingerprint density at radius 3 is 2.87 bits per heavy atom. The zero-order valence-electron chi connectivity index (χ0n) is 13.9. The van der Waals surface area contributed by atoms with Gasteiger partial charge in [-0.05, 0) is 87.2 Å². The molecule has 0 aliphatic heterocycles. The second-order valence-corrected chi connectivity index (χ2v) is 8.58. The van der Waals surface area contributed by atoms with Crippen LogP contribution >= 0.6 is 22.6 Å². The lowest BCUT2D eigenvalue weighted by molar-refractivity contribution is 0.0455. The van der Waals surface area contributed by atoms with Crippen LogP contribution in [0.25, 0.3) is 11.0 Å². The minimum atomic E-state index is -0.484. The Morgan fingerprint density at radius 2 is 2.17 bits per heavy atom. The van der Waals surface area contributed by atoms with Crippen LogP contribution in [-0.4, -0.2) is 27.2 Å². The number of nitrogens with zero attached hydrogens (tertiary/aromatic N) is 1. The van der Waals surface area contributed by atoms with E-state index in [2.05, 4.69) is 50.9 Å². The molecular weight excluding hydrogens is 405 g/mol. The molecule has 0 fully saturated rings. The molecular formula is C17H22IN3O2. The normalized spacial score (nSPS) is 21.1. The third-order valence-electron chi connectivity index (χ3n) is 4.12. The molecule has 3 rings (SSSR count). The molecule has 6 heteroatoms. The molecule has 2 heterocycles.